The fraction of sp³-hybridized carbons (Fsp3) is 0.462. The first-order valence-electron chi connectivity index (χ1n) is 6.47. The van der Waals surface area contributed by atoms with Crippen LogP contribution in [0.5, 0.6) is 0 Å². The van der Waals surface area contributed by atoms with Crippen LogP contribution in [0.3, 0.4) is 0 Å². The van der Waals surface area contributed by atoms with Crippen molar-refractivity contribution in [3.63, 3.8) is 0 Å². The van der Waals surface area contributed by atoms with Crippen LogP contribution >= 0.6 is 0 Å². The number of benzene rings is 1. The van der Waals surface area contributed by atoms with Crippen molar-refractivity contribution in [3.05, 3.63) is 35.9 Å². The topological polar surface area (TPSA) is 88.5 Å². The van der Waals surface area contributed by atoms with E-state index in [0.29, 0.717) is 6.54 Å². The van der Waals surface area contributed by atoms with Gasteiger partial charge in [0.2, 0.25) is 0 Å². The van der Waals surface area contributed by atoms with Gasteiger partial charge in [-0.05, 0) is 12.0 Å². The Balaban J connectivity index is 2.71. The molecule has 5 nitrogen and oxygen atoms in total. The lowest BCUT2D eigenvalue weighted by molar-refractivity contribution is -0.171. The largest absolute Gasteiger partial charge is 0.391 e. The molecule has 6 N–H and O–H groups in total. The van der Waals surface area contributed by atoms with Gasteiger partial charge in [0.1, 0.15) is 5.84 Å². The van der Waals surface area contributed by atoms with Gasteiger partial charge in [0.25, 0.3) is 0 Å². The van der Waals surface area contributed by atoms with Crippen molar-refractivity contribution in [3.8, 4) is 0 Å². The monoisotopic (exact) mass is 303 g/mol. The summed E-state index contributed by atoms with van der Waals surface area (Å²) in [5, 5.41) is 6.54. The minimum absolute atomic E-state index is 0.00969. The van der Waals surface area contributed by atoms with E-state index in [2.05, 4.69) is 10.4 Å². The van der Waals surface area contributed by atoms with Gasteiger partial charge in [0, 0.05) is 6.54 Å². The van der Waals surface area contributed by atoms with E-state index in [1.54, 1.807) is 0 Å². The van der Waals surface area contributed by atoms with Gasteiger partial charge in [-0.1, -0.05) is 37.3 Å². The number of amidine groups is 1. The van der Waals surface area contributed by atoms with Crippen LogP contribution in [0.4, 0.5) is 13.2 Å². The Labute approximate surface area is 121 Å². The van der Waals surface area contributed by atoms with Gasteiger partial charge in [-0.2, -0.15) is 18.3 Å². The van der Waals surface area contributed by atoms with Crippen molar-refractivity contribution >= 4 is 5.84 Å². The minimum Gasteiger partial charge on any atom is -0.384 e. The van der Waals surface area contributed by atoms with E-state index in [1.165, 1.54) is 0 Å². The maximum atomic E-state index is 12.7. The van der Waals surface area contributed by atoms with E-state index in [-0.39, 0.29) is 12.3 Å². The molecule has 8 heteroatoms. The summed E-state index contributed by atoms with van der Waals surface area (Å²) in [4.78, 5) is 0. The first-order chi connectivity index (χ1) is 9.84. The molecule has 21 heavy (non-hydrogen) atoms. The molecule has 2 unspecified atom stereocenters. The molecule has 0 aromatic heterocycles. The SMILES string of the molecule is CC(CC(NCc1ccccc1)/C(N)=N/NN)C(F)(F)F. The summed E-state index contributed by atoms with van der Waals surface area (Å²) in [5.41, 5.74) is 8.60. The Hall–Kier alpha value is -1.80. The van der Waals surface area contributed by atoms with E-state index >= 15 is 0 Å². The first kappa shape index (κ1) is 17.3. The quantitative estimate of drug-likeness (QED) is 0.266. The molecule has 0 aliphatic carbocycles. The van der Waals surface area contributed by atoms with Gasteiger partial charge in [-0.3, -0.25) is 0 Å². The fourth-order valence-corrected chi connectivity index (χ4v) is 1.79. The average Bonchev–Trinajstić information content (AvgIpc) is 2.43. The van der Waals surface area contributed by atoms with Crippen molar-refractivity contribution in [1.29, 1.82) is 0 Å². The molecule has 0 amide bonds. The summed E-state index contributed by atoms with van der Waals surface area (Å²) in [5.74, 6) is 3.51. The van der Waals surface area contributed by atoms with Gasteiger partial charge in [0.15, 0.2) is 0 Å². The number of nitrogens with two attached hydrogens (primary N) is 2. The Morgan fingerprint density at radius 1 is 1.29 bits per heavy atom. The number of halogens is 3. The summed E-state index contributed by atoms with van der Waals surface area (Å²) in [6, 6.07) is 8.57. The third-order valence-electron chi connectivity index (χ3n) is 3.09. The molecule has 1 aromatic rings. The molecule has 2 atom stereocenters. The van der Waals surface area contributed by atoms with E-state index < -0.39 is 18.1 Å². The minimum atomic E-state index is -4.27. The molecular weight excluding hydrogens is 283 g/mol. The summed E-state index contributed by atoms with van der Waals surface area (Å²) in [6.45, 7) is 1.50. The van der Waals surface area contributed by atoms with Crippen LogP contribution in [-0.4, -0.2) is 18.1 Å². The van der Waals surface area contributed by atoms with E-state index in [0.717, 1.165) is 12.5 Å². The number of nitrogens with one attached hydrogen (secondary N) is 2. The highest BCUT2D eigenvalue weighted by Crippen LogP contribution is 2.29. The van der Waals surface area contributed by atoms with Crippen molar-refractivity contribution in [2.75, 3.05) is 0 Å². The zero-order valence-corrected chi connectivity index (χ0v) is 11.7. The average molecular weight is 303 g/mol. The van der Waals surface area contributed by atoms with Crippen molar-refractivity contribution in [2.45, 2.75) is 32.1 Å². The molecule has 0 bridgehead atoms. The van der Waals surface area contributed by atoms with Crippen LogP contribution < -0.4 is 22.4 Å². The molecule has 1 aromatic carbocycles. The highest BCUT2D eigenvalue weighted by molar-refractivity contribution is 5.85. The number of nitrogens with zero attached hydrogens (tertiary/aromatic N) is 1. The Bertz CT molecular complexity index is 447. The van der Waals surface area contributed by atoms with Crippen LogP contribution in [0.1, 0.15) is 18.9 Å². The maximum Gasteiger partial charge on any atom is 0.391 e. The van der Waals surface area contributed by atoms with Crippen LogP contribution in [0, 0.1) is 5.92 Å². The zero-order valence-electron chi connectivity index (χ0n) is 11.7. The number of hydrogen-bond donors (Lipinski definition) is 4. The summed E-state index contributed by atoms with van der Waals surface area (Å²) >= 11 is 0. The highest BCUT2D eigenvalue weighted by Gasteiger charge is 2.37. The maximum absolute atomic E-state index is 12.7. The number of hydrazine groups is 1. The number of hydrogen-bond acceptors (Lipinski definition) is 4. The fourth-order valence-electron chi connectivity index (χ4n) is 1.79. The Morgan fingerprint density at radius 2 is 1.90 bits per heavy atom. The molecule has 0 aliphatic rings. The number of rotatable bonds is 7. The number of alkyl halides is 3. The third-order valence-corrected chi connectivity index (χ3v) is 3.09. The lowest BCUT2D eigenvalue weighted by Gasteiger charge is -2.23. The summed E-state index contributed by atoms with van der Waals surface area (Å²) in [6.07, 6.45) is -4.49. The molecule has 0 saturated heterocycles. The second-order valence-electron chi connectivity index (χ2n) is 4.76. The van der Waals surface area contributed by atoms with Crippen molar-refractivity contribution in [2.24, 2.45) is 22.6 Å². The van der Waals surface area contributed by atoms with Gasteiger partial charge < -0.3 is 11.1 Å². The molecule has 0 aliphatic heterocycles. The standard InChI is InChI=1S/C13H20F3N5/c1-9(13(14,15)16)7-11(12(17)20-21-18)19-8-10-5-3-2-4-6-10/h2-6,9,11,19,21H,7-8,18H2,1H3,(H2,17,20). The van der Waals surface area contributed by atoms with E-state index in [1.807, 2.05) is 35.9 Å². The molecule has 1 rings (SSSR count). The molecule has 0 fully saturated rings. The van der Waals surface area contributed by atoms with E-state index in [4.69, 9.17) is 11.6 Å². The van der Waals surface area contributed by atoms with Gasteiger partial charge in [-0.25, -0.2) is 11.4 Å². The zero-order chi connectivity index (χ0) is 15.9. The van der Waals surface area contributed by atoms with Crippen LogP contribution in [-0.2, 0) is 6.54 Å². The molecule has 118 valence electrons. The second-order valence-corrected chi connectivity index (χ2v) is 4.76. The molecule has 0 heterocycles. The molecule has 0 saturated carbocycles. The molecular formula is C13H20F3N5. The van der Waals surface area contributed by atoms with Crippen LogP contribution in [0.15, 0.2) is 35.4 Å². The molecule has 0 spiro atoms. The van der Waals surface area contributed by atoms with Gasteiger partial charge >= 0.3 is 6.18 Å². The van der Waals surface area contributed by atoms with Crippen molar-refractivity contribution < 1.29 is 13.2 Å². The Kier molecular flexibility index (Phi) is 6.44. The smallest absolute Gasteiger partial charge is 0.384 e. The second kappa shape index (κ2) is 7.84. The lowest BCUT2D eigenvalue weighted by atomic mass is 10.00. The number of hydrazone groups is 1. The predicted octanol–water partition coefficient (Wildman–Crippen LogP) is 1.47. The molecule has 0 radical (unpaired) electrons. The summed E-state index contributed by atoms with van der Waals surface area (Å²) in [7, 11) is 0. The normalized spacial score (nSPS) is 15.6. The Morgan fingerprint density at radius 3 is 2.43 bits per heavy atom. The van der Waals surface area contributed by atoms with Crippen molar-refractivity contribution in [1.82, 2.24) is 10.9 Å². The van der Waals surface area contributed by atoms with Gasteiger partial charge in [0.05, 0.1) is 12.0 Å². The third kappa shape index (κ3) is 6.01. The van der Waals surface area contributed by atoms with Crippen LogP contribution in [0.25, 0.3) is 0 Å². The lowest BCUT2D eigenvalue weighted by Crippen LogP contribution is -2.45. The predicted molar refractivity (Wildman–Crippen MR) is 75.9 cm³/mol. The van der Waals surface area contributed by atoms with Gasteiger partial charge in [-0.15, -0.1) is 0 Å². The highest BCUT2D eigenvalue weighted by atomic mass is 19.4. The first-order valence-corrected chi connectivity index (χ1v) is 6.47. The van der Waals surface area contributed by atoms with Crippen LogP contribution in [0.2, 0.25) is 0 Å². The van der Waals surface area contributed by atoms with E-state index in [9.17, 15) is 13.2 Å². The summed E-state index contributed by atoms with van der Waals surface area (Å²) < 4.78 is 38.0.